The number of thiophene rings is 1. The van der Waals surface area contributed by atoms with Crippen LogP contribution in [0.2, 0.25) is 0 Å². The largest absolute Gasteiger partial charge is 0.377 e. The zero-order chi connectivity index (χ0) is 14.4. The molecule has 1 aromatic heterocycles. The lowest BCUT2D eigenvalue weighted by Gasteiger charge is -2.22. The Kier molecular flexibility index (Phi) is 5.98. The van der Waals surface area contributed by atoms with E-state index in [-0.39, 0.29) is 6.10 Å². The second kappa shape index (κ2) is 7.51. The van der Waals surface area contributed by atoms with Crippen LogP contribution >= 0.6 is 11.3 Å². The summed E-state index contributed by atoms with van der Waals surface area (Å²) in [4.78, 5) is 1.38. The Morgan fingerprint density at radius 1 is 1.45 bits per heavy atom. The molecule has 1 unspecified atom stereocenters. The van der Waals surface area contributed by atoms with Crippen molar-refractivity contribution in [3.8, 4) is 0 Å². The molecule has 0 aromatic carbocycles. The summed E-state index contributed by atoms with van der Waals surface area (Å²) in [6.07, 6.45) is 3.12. The third kappa shape index (κ3) is 4.53. The van der Waals surface area contributed by atoms with Gasteiger partial charge in [-0.05, 0) is 31.9 Å². The third-order valence-electron chi connectivity index (χ3n) is 3.26. The molecule has 114 valence electrons. The fourth-order valence-electron chi connectivity index (χ4n) is 2.10. The van der Waals surface area contributed by atoms with E-state index in [1.165, 1.54) is 11.3 Å². The van der Waals surface area contributed by atoms with E-state index < -0.39 is 10.0 Å². The van der Waals surface area contributed by atoms with E-state index in [1.54, 1.807) is 11.4 Å². The molecule has 2 rings (SSSR count). The van der Waals surface area contributed by atoms with Gasteiger partial charge in [0.05, 0.1) is 11.0 Å². The van der Waals surface area contributed by atoms with Crippen molar-refractivity contribution in [2.24, 2.45) is 0 Å². The average Bonchev–Trinajstić information content (AvgIpc) is 2.94. The first-order chi connectivity index (χ1) is 9.62. The Morgan fingerprint density at radius 2 is 2.30 bits per heavy atom. The molecule has 0 bridgehead atoms. The van der Waals surface area contributed by atoms with Gasteiger partial charge in [-0.3, -0.25) is 0 Å². The minimum absolute atomic E-state index is 0.0124. The first-order valence-electron chi connectivity index (χ1n) is 7.01. The SMILES string of the molecule is CCNCc1cc(S(=O)(=O)NCC2CCCCO2)cs1. The van der Waals surface area contributed by atoms with Gasteiger partial charge in [0, 0.05) is 30.0 Å². The normalized spacial score (nSPS) is 20.1. The zero-order valence-corrected chi connectivity index (χ0v) is 13.4. The number of ether oxygens (including phenoxy) is 1. The Balaban J connectivity index is 1.90. The quantitative estimate of drug-likeness (QED) is 0.803. The molecule has 5 nitrogen and oxygen atoms in total. The monoisotopic (exact) mass is 318 g/mol. The molecule has 0 amide bonds. The minimum Gasteiger partial charge on any atom is -0.377 e. The van der Waals surface area contributed by atoms with Gasteiger partial charge < -0.3 is 10.1 Å². The highest BCUT2D eigenvalue weighted by atomic mass is 32.2. The summed E-state index contributed by atoms with van der Waals surface area (Å²) < 4.78 is 32.5. The molecule has 7 heteroatoms. The molecule has 2 heterocycles. The van der Waals surface area contributed by atoms with Gasteiger partial charge in [0.25, 0.3) is 0 Å². The summed E-state index contributed by atoms with van der Waals surface area (Å²) in [5, 5.41) is 4.88. The lowest BCUT2D eigenvalue weighted by molar-refractivity contribution is 0.0200. The summed E-state index contributed by atoms with van der Waals surface area (Å²) in [5.74, 6) is 0. The molecule has 20 heavy (non-hydrogen) atoms. The summed E-state index contributed by atoms with van der Waals surface area (Å²) in [7, 11) is -3.41. The maximum Gasteiger partial charge on any atom is 0.241 e. The van der Waals surface area contributed by atoms with E-state index in [4.69, 9.17) is 4.74 Å². The van der Waals surface area contributed by atoms with Crippen LogP contribution < -0.4 is 10.0 Å². The first kappa shape index (κ1) is 15.9. The van der Waals surface area contributed by atoms with Crippen molar-refractivity contribution >= 4 is 21.4 Å². The van der Waals surface area contributed by atoms with E-state index in [0.29, 0.717) is 18.0 Å². The third-order valence-corrected chi connectivity index (χ3v) is 5.75. The molecule has 1 aliphatic rings. The van der Waals surface area contributed by atoms with Gasteiger partial charge in [-0.1, -0.05) is 6.92 Å². The average molecular weight is 318 g/mol. The topological polar surface area (TPSA) is 67.4 Å². The Morgan fingerprint density at radius 3 is 3.00 bits per heavy atom. The Bertz CT molecular complexity index is 507. The Hall–Kier alpha value is -0.470. The van der Waals surface area contributed by atoms with Crippen LogP contribution in [0, 0.1) is 0 Å². The van der Waals surface area contributed by atoms with Crippen molar-refractivity contribution in [1.29, 1.82) is 0 Å². The number of hydrogen-bond acceptors (Lipinski definition) is 5. The van der Waals surface area contributed by atoms with Crippen LogP contribution in [0.25, 0.3) is 0 Å². The molecule has 1 saturated heterocycles. The van der Waals surface area contributed by atoms with Gasteiger partial charge in [-0.25, -0.2) is 13.1 Å². The standard InChI is InChI=1S/C13H22N2O3S2/c1-2-14-9-12-7-13(10-19-12)20(16,17)15-8-11-5-3-4-6-18-11/h7,10-11,14-15H,2-6,8-9H2,1H3. The molecule has 2 N–H and O–H groups in total. The van der Waals surface area contributed by atoms with Crippen LogP contribution in [0.1, 0.15) is 31.1 Å². The fraction of sp³-hybridized carbons (Fsp3) is 0.692. The van der Waals surface area contributed by atoms with E-state index in [9.17, 15) is 8.42 Å². The van der Waals surface area contributed by atoms with Crippen molar-refractivity contribution in [1.82, 2.24) is 10.0 Å². The van der Waals surface area contributed by atoms with Crippen molar-refractivity contribution < 1.29 is 13.2 Å². The van der Waals surface area contributed by atoms with E-state index in [1.807, 2.05) is 6.92 Å². The molecule has 1 fully saturated rings. The van der Waals surface area contributed by atoms with Gasteiger partial charge in [0.2, 0.25) is 10.0 Å². The predicted molar refractivity (Wildman–Crippen MR) is 80.5 cm³/mol. The summed E-state index contributed by atoms with van der Waals surface area (Å²) in [6, 6.07) is 1.73. The number of rotatable bonds is 7. The maximum absolute atomic E-state index is 12.2. The highest BCUT2D eigenvalue weighted by molar-refractivity contribution is 7.89. The second-order valence-corrected chi connectivity index (χ2v) is 7.63. The minimum atomic E-state index is -3.41. The Labute approximate surface area is 124 Å². The van der Waals surface area contributed by atoms with Gasteiger partial charge in [-0.15, -0.1) is 11.3 Å². The van der Waals surface area contributed by atoms with Gasteiger partial charge in [-0.2, -0.15) is 0 Å². The van der Waals surface area contributed by atoms with Crippen molar-refractivity contribution in [3.05, 3.63) is 16.3 Å². The first-order valence-corrected chi connectivity index (χ1v) is 9.37. The van der Waals surface area contributed by atoms with E-state index in [2.05, 4.69) is 10.0 Å². The predicted octanol–water partition coefficient (Wildman–Crippen LogP) is 1.70. The molecule has 1 aliphatic heterocycles. The molecule has 1 atom stereocenters. The van der Waals surface area contributed by atoms with Crippen molar-refractivity contribution in [2.45, 2.75) is 43.7 Å². The summed E-state index contributed by atoms with van der Waals surface area (Å²) in [6.45, 7) is 4.70. The van der Waals surface area contributed by atoms with Crippen LogP contribution in [0.3, 0.4) is 0 Å². The highest BCUT2D eigenvalue weighted by Gasteiger charge is 2.20. The second-order valence-electron chi connectivity index (χ2n) is 4.87. The molecule has 0 radical (unpaired) electrons. The fourth-order valence-corrected chi connectivity index (χ4v) is 4.41. The maximum atomic E-state index is 12.2. The molecule has 0 saturated carbocycles. The highest BCUT2D eigenvalue weighted by Crippen LogP contribution is 2.19. The smallest absolute Gasteiger partial charge is 0.241 e. The van der Waals surface area contributed by atoms with Crippen LogP contribution in [0.5, 0.6) is 0 Å². The van der Waals surface area contributed by atoms with Crippen LogP contribution in [-0.2, 0) is 21.3 Å². The number of hydrogen-bond donors (Lipinski definition) is 2. The van der Waals surface area contributed by atoms with Crippen molar-refractivity contribution in [2.75, 3.05) is 19.7 Å². The molecule has 0 aliphatic carbocycles. The number of nitrogens with one attached hydrogen (secondary N) is 2. The molecular formula is C13H22N2O3S2. The van der Waals surface area contributed by atoms with Crippen LogP contribution in [0.4, 0.5) is 0 Å². The van der Waals surface area contributed by atoms with Crippen LogP contribution in [0.15, 0.2) is 16.3 Å². The van der Waals surface area contributed by atoms with Gasteiger partial charge in [0.1, 0.15) is 0 Å². The zero-order valence-electron chi connectivity index (χ0n) is 11.7. The lowest BCUT2D eigenvalue weighted by Crippen LogP contribution is -2.35. The van der Waals surface area contributed by atoms with E-state index in [0.717, 1.165) is 37.3 Å². The van der Waals surface area contributed by atoms with E-state index >= 15 is 0 Å². The molecule has 1 aromatic rings. The molecular weight excluding hydrogens is 296 g/mol. The van der Waals surface area contributed by atoms with Gasteiger partial charge >= 0.3 is 0 Å². The summed E-state index contributed by atoms with van der Waals surface area (Å²) in [5.41, 5.74) is 0. The lowest BCUT2D eigenvalue weighted by atomic mass is 10.1. The van der Waals surface area contributed by atoms with Gasteiger partial charge in [0.15, 0.2) is 0 Å². The molecule has 0 spiro atoms. The van der Waals surface area contributed by atoms with Crippen molar-refractivity contribution in [3.63, 3.8) is 0 Å². The van der Waals surface area contributed by atoms with Crippen LogP contribution in [-0.4, -0.2) is 34.2 Å². The number of sulfonamides is 1. The summed E-state index contributed by atoms with van der Waals surface area (Å²) >= 11 is 1.46.